The van der Waals surface area contributed by atoms with Crippen molar-refractivity contribution in [3.05, 3.63) is 29.6 Å². The fourth-order valence-corrected chi connectivity index (χ4v) is 2.57. The number of sulfonamides is 1. The summed E-state index contributed by atoms with van der Waals surface area (Å²) in [5, 5.41) is 0. The summed E-state index contributed by atoms with van der Waals surface area (Å²) in [5.41, 5.74) is 5.97. The molecule has 0 aliphatic carbocycles. The number of hydrogen-bond acceptors (Lipinski definition) is 4. The van der Waals surface area contributed by atoms with Gasteiger partial charge in [0.2, 0.25) is 10.0 Å². The Morgan fingerprint density at radius 2 is 2.11 bits per heavy atom. The van der Waals surface area contributed by atoms with Crippen LogP contribution in [0, 0.1) is 5.82 Å². The van der Waals surface area contributed by atoms with Gasteiger partial charge in [-0.15, -0.1) is 0 Å². The minimum Gasteiger partial charge on any atom is -0.377 e. The van der Waals surface area contributed by atoms with Gasteiger partial charge < -0.3 is 10.5 Å². The molecule has 0 fully saturated rings. The second kappa shape index (κ2) is 6.95. The maximum Gasteiger partial charge on any atom is 0.243 e. The first-order valence-electron chi connectivity index (χ1n) is 5.96. The predicted octanol–water partition coefficient (Wildman–Crippen LogP) is 0.988. The van der Waals surface area contributed by atoms with Crippen LogP contribution in [0.15, 0.2) is 23.1 Å². The number of nitrogens with one attached hydrogen (secondary N) is 1. The maximum atomic E-state index is 13.5. The Morgan fingerprint density at radius 3 is 2.68 bits per heavy atom. The van der Waals surface area contributed by atoms with Crippen LogP contribution in [-0.4, -0.2) is 27.7 Å². The third kappa shape index (κ3) is 4.87. The number of rotatable bonds is 7. The molecule has 0 spiro atoms. The van der Waals surface area contributed by atoms with Gasteiger partial charge in [-0.1, -0.05) is 6.07 Å². The van der Waals surface area contributed by atoms with E-state index >= 15 is 0 Å². The van der Waals surface area contributed by atoms with Gasteiger partial charge in [-0.3, -0.25) is 0 Å². The monoisotopic (exact) mass is 290 g/mol. The average molecular weight is 290 g/mol. The molecule has 0 aliphatic heterocycles. The van der Waals surface area contributed by atoms with E-state index in [0.717, 1.165) is 6.07 Å². The smallest absolute Gasteiger partial charge is 0.243 e. The molecule has 0 atom stereocenters. The second-order valence-corrected chi connectivity index (χ2v) is 6.02. The van der Waals surface area contributed by atoms with Gasteiger partial charge in [-0.25, -0.2) is 17.5 Å². The molecule has 1 aromatic carbocycles. The molecule has 0 saturated carbocycles. The van der Waals surface area contributed by atoms with E-state index in [1.165, 1.54) is 12.1 Å². The summed E-state index contributed by atoms with van der Waals surface area (Å²) in [6.07, 6.45) is 0.0156. The Labute approximate surface area is 113 Å². The Kier molecular flexibility index (Phi) is 5.86. The normalized spacial score (nSPS) is 12.1. The van der Waals surface area contributed by atoms with Gasteiger partial charge in [0.25, 0.3) is 0 Å². The van der Waals surface area contributed by atoms with E-state index < -0.39 is 15.8 Å². The van der Waals surface area contributed by atoms with Crippen molar-refractivity contribution < 1.29 is 17.5 Å². The van der Waals surface area contributed by atoms with E-state index in [0.29, 0.717) is 5.56 Å². The van der Waals surface area contributed by atoms with Crippen LogP contribution < -0.4 is 10.5 Å². The van der Waals surface area contributed by atoms with E-state index in [1.54, 1.807) is 0 Å². The molecule has 1 rings (SSSR count). The highest BCUT2D eigenvalue weighted by Gasteiger charge is 2.18. The van der Waals surface area contributed by atoms with Crippen LogP contribution in [0.4, 0.5) is 4.39 Å². The molecule has 0 radical (unpaired) electrons. The predicted molar refractivity (Wildman–Crippen MR) is 70.6 cm³/mol. The van der Waals surface area contributed by atoms with Gasteiger partial charge >= 0.3 is 0 Å². The van der Waals surface area contributed by atoms with Gasteiger partial charge in [0, 0.05) is 13.1 Å². The molecule has 0 unspecified atom stereocenters. The van der Waals surface area contributed by atoms with Crippen LogP contribution >= 0.6 is 0 Å². The zero-order valence-corrected chi connectivity index (χ0v) is 11.8. The lowest BCUT2D eigenvalue weighted by Crippen LogP contribution is -2.29. The van der Waals surface area contributed by atoms with E-state index in [-0.39, 0.29) is 30.7 Å². The van der Waals surface area contributed by atoms with Crippen LogP contribution in [0.3, 0.4) is 0 Å². The molecule has 108 valence electrons. The van der Waals surface area contributed by atoms with Crippen molar-refractivity contribution in [1.82, 2.24) is 4.72 Å². The molecule has 19 heavy (non-hydrogen) atoms. The van der Waals surface area contributed by atoms with Crippen molar-refractivity contribution in [2.24, 2.45) is 5.73 Å². The van der Waals surface area contributed by atoms with Gasteiger partial charge in [-0.05, 0) is 31.5 Å². The quantitative estimate of drug-likeness (QED) is 0.734. The minimum absolute atomic E-state index is 0.0156. The van der Waals surface area contributed by atoms with E-state index in [4.69, 9.17) is 10.5 Å². The summed E-state index contributed by atoms with van der Waals surface area (Å²) in [4.78, 5) is -0.389. The number of halogens is 1. The first kappa shape index (κ1) is 16.0. The number of nitrogens with two attached hydrogens (primary N) is 1. The fraction of sp³-hybridized carbons (Fsp3) is 0.500. The summed E-state index contributed by atoms with van der Waals surface area (Å²) in [5.74, 6) is -0.797. The molecule has 0 aliphatic rings. The average Bonchev–Trinajstić information content (AvgIpc) is 2.35. The van der Waals surface area contributed by atoms with Crippen LogP contribution in [0.25, 0.3) is 0 Å². The summed E-state index contributed by atoms with van der Waals surface area (Å²) in [7, 11) is -3.88. The van der Waals surface area contributed by atoms with Crippen LogP contribution in [0.2, 0.25) is 0 Å². The maximum absolute atomic E-state index is 13.5. The summed E-state index contributed by atoms with van der Waals surface area (Å²) < 4.78 is 44.9. The topological polar surface area (TPSA) is 81.4 Å². The molecule has 0 amide bonds. The molecule has 0 aromatic heterocycles. The van der Waals surface area contributed by atoms with Crippen LogP contribution in [0.1, 0.15) is 19.4 Å². The van der Waals surface area contributed by atoms with Gasteiger partial charge in [-0.2, -0.15) is 0 Å². The fourth-order valence-electron chi connectivity index (χ4n) is 1.43. The van der Waals surface area contributed by atoms with Crippen molar-refractivity contribution in [2.45, 2.75) is 31.4 Å². The lowest BCUT2D eigenvalue weighted by molar-refractivity contribution is 0.0834. The lowest BCUT2D eigenvalue weighted by atomic mass is 10.2. The molecule has 5 nitrogen and oxygen atoms in total. The number of benzene rings is 1. The van der Waals surface area contributed by atoms with Crippen molar-refractivity contribution in [1.29, 1.82) is 0 Å². The Balaban J connectivity index is 2.77. The van der Waals surface area contributed by atoms with E-state index in [9.17, 15) is 12.8 Å². The summed E-state index contributed by atoms with van der Waals surface area (Å²) in [6, 6.07) is 3.79. The summed E-state index contributed by atoms with van der Waals surface area (Å²) >= 11 is 0. The third-order valence-electron chi connectivity index (χ3n) is 2.37. The van der Waals surface area contributed by atoms with E-state index in [1.807, 2.05) is 13.8 Å². The Hall–Kier alpha value is -1.02. The molecule has 0 heterocycles. The highest BCUT2D eigenvalue weighted by Crippen LogP contribution is 2.16. The zero-order chi connectivity index (χ0) is 14.5. The first-order chi connectivity index (χ1) is 8.86. The highest BCUT2D eigenvalue weighted by atomic mass is 32.2. The third-order valence-corrected chi connectivity index (χ3v) is 3.84. The standard InChI is InChI=1S/C12H19FN2O3S/c1-9(2)18-6-5-15-19(16,17)12-7-10(8-14)3-4-11(12)13/h3-4,7,9,15H,5-6,8,14H2,1-2H3. The zero-order valence-electron chi connectivity index (χ0n) is 11.0. The van der Waals surface area contributed by atoms with Crippen molar-refractivity contribution >= 4 is 10.0 Å². The second-order valence-electron chi connectivity index (χ2n) is 4.29. The van der Waals surface area contributed by atoms with E-state index in [2.05, 4.69) is 4.72 Å². The molecular formula is C12H19FN2O3S. The van der Waals surface area contributed by atoms with Crippen LogP contribution in [-0.2, 0) is 21.3 Å². The SMILES string of the molecule is CC(C)OCCNS(=O)(=O)c1cc(CN)ccc1F. The first-order valence-corrected chi connectivity index (χ1v) is 7.45. The summed E-state index contributed by atoms with van der Waals surface area (Å²) in [6.45, 7) is 4.17. The molecule has 1 aromatic rings. The van der Waals surface area contributed by atoms with Crippen molar-refractivity contribution in [2.75, 3.05) is 13.2 Å². The van der Waals surface area contributed by atoms with Crippen LogP contribution in [0.5, 0.6) is 0 Å². The van der Waals surface area contributed by atoms with Crippen molar-refractivity contribution in [3.63, 3.8) is 0 Å². The Bertz CT molecular complexity index is 518. The number of hydrogen-bond donors (Lipinski definition) is 2. The number of ether oxygens (including phenoxy) is 1. The largest absolute Gasteiger partial charge is 0.377 e. The lowest BCUT2D eigenvalue weighted by Gasteiger charge is -2.10. The molecule has 3 N–H and O–H groups in total. The Morgan fingerprint density at radius 1 is 1.42 bits per heavy atom. The molecule has 7 heteroatoms. The highest BCUT2D eigenvalue weighted by molar-refractivity contribution is 7.89. The molecule has 0 saturated heterocycles. The van der Waals surface area contributed by atoms with Gasteiger partial charge in [0.15, 0.2) is 0 Å². The molecule has 0 bridgehead atoms. The minimum atomic E-state index is -3.88. The van der Waals surface area contributed by atoms with Gasteiger partial charge in [0.05, 0.1) is 12.7 Å². The van der Waals surface area contributed by atoms with Crippen molar-refractivity contribution in [3.8, 4) is 0 Å². The van der Waals surface area contributed by atoms with Gasteiger partial charge in [0.1, 0.15) is 10.7 Å². The molecular weight excluding hydrogens is 271 g/mol.